The molecule has 0 aromatic rings. The molecule has 73 heavy (non-hydrogen) atoms. The minimum atomic E-state index is -0.773. The van der Waals surface area contributed by atoms with Gasteiger partial charge in [-0.2, -0.15) is 0 Å². The summed E-state index contributed by atoms with van der Waals surface area (Å²) in [5, 5.41) is 0. The van der Waals surface area contributed by atoms with Crippen LogP contribution in [0.4, 0.5) is 0 Å². The summed E-state index contributed by atoms with van der Waals surface area (Å²) in [6.45, 7) is 6.59. The van der Waals surface area contributed by atoms with Crippen molar-refractivity contribution < 1.29 is 28.6 Å². The summed E-state index contributed by atoms with van der Waals surface area (Å²) in [6.07, 6.45) is 78.2. The Morgan fingerprint density at radius 1 is 0.274 bits per heavy atom. The third-order valence-electron chi connectivity index (χ3n) is 14.0. The number of hydrogen-bond acceptors (Lipinski definition) is 6. The van der Waals surface area contributed by atoms with Crippen molar-refractivity contribution in [2.75, 3.05) is 13.2 Å². The molecule has 1 atom stereocenters. The lowest BCUT2D eigenvalue weighted by Gasteiger charge is -2.18. The van der Waals surface area contributed by atoms with Gasteiger partial charge < -0.3 is 14.2 Å². The van der Waals surface area contributed by atoms with Crippen molar-refractivity contribution in [2.45, 2.75) is 335 Å². The predicted molar refractivity (Wildman–Crippen MR) is 316 cm³/mol. The molecule has 1 unspecified atom stereocenters. The van der Waals surface area contributed by atoms with Crippen molar-refractivity contribution >= 4 is 17.9 Å². The number of esters is 3. The van der Waals surface area contributed by atoms with Gasteiger partial charge in [-0.25, -0.2) is 0 Å². The van der Waals surface area contributed by atoms with Crippen LogP contribution in [0.25, 0.3) is 0 Å². The van der Waals surface area contributed by atoms with Gasteiger partial charge in [-0.05, 0) is 89.9 Å². The highest BCUT2D eigenvalue weighted by Gasteiger charge is 2.19. The quantitative estimate of drug-likeness (QED) is 0.0261. The lowest BCUT2D eigenvalue weighted by Crippen LogP contribution is -2.30. The largest absolute Gasteiger partial charge is 0.462 e. The van der Waals surface area contributed by atoms with E-state index in [4.69, 9.17) is 14.2 Å². The molecule has 424 valence electrons. The third-order valence-corrected chi connectivity index (χ3v) is 14.0. The molecule has 0 amide bonds. The fraction of sp³-hybridized carbons (Fsp3) is 0.806. The Morgan fingerprint density at radius 3 is 0.795 bits per heavy atom. The van der Waals surface area contributed by atoms with E-state index >= 15 is 0 Å². The number of unbranched alkanes of at least 4 members (excludes halogenated alkanes) is 37. The van der Waals surface area contributed by atoms with Crippen LogP contribution < -0.4 is 0 Å². The molecule has 0 fully saturated rings. The van der Waals surface area contributed by atoms with E-state index in [9.17, 15) is 14.4 Å². The first-order valence-corrected chi connectivity index (χ1v) is 31.8. The maximum atomic E-state index is 12.8. The summed E-state index contributed by atoms with van der Waals surface area (Å²) < 4.78 is 16.8. The SMILES string of the molecule is CCCCC/C=C\C/C=C\CCCCCCCCCCCC(=O)OC(COC(=O)CCCCCCCCC)COC(=O)CCCCCCCCCCCCCCCC/C=C\C/C=C\C/C=C\CCCCCCC. The Hall–Kier alpha value is -2.89. The Labute approximate surface area is 453 Å². The van der Waals surface area contributed by atoms with Crippen molar-refractivity contribution in [1.29, 1.82) is 0 Å². The summed E-state index contributed by atoms with van der Waals surface area (Å²) in [5.41, 5.74) is 0. The molecule has 0 saturated carbocycles. The Bertz CT molecular complexity index is 1310. The van der Waals surface area contributed by atoms with E-state index < -0.39 is 6.10 Å². The third kappa shape index (κ3) is 59.9. The number of carbonyl (C=O) groups is 3. The molecule has 0 N–H and O–H groups in total. The van der Waals surface area contributed by atoms with Gasteiger partial charge >= 0.3 is 17.9 Å². The van der Waals surface area contributed by atoms with Crippen molar-refractivity contribution in [3.63, 3.8) is 0 Å². The van der Waals surface area contributed by atoms with Gasteiger partial charge in [0.1, 0.15) is 13.2 Å². The first kappa shape index (κ1) is 70.1. The van der Waals surface area contributed by atoms with Crippen LogP contribution in [-0.2, 0) is 28.6 Å². The molecule has 6 nitrogen and oxygen atoms in total. The van der Waals surface area contributed by atoms with E-state index in [1.54, 1.807) is 0 Å². The highest BCUT2D eigenvalue weighted by molar-refractivity contribution is 5.71. The van der Waals surface area contributed by atoms with Crippen molar-refractivity contribution in [2.24, 2.45) is 0 Å². The van der Waals surface area contributed by atoms with Gasteiger partial charge in [0, 0.05) is 19.3 Å². The predicted octanol–water partition coefficient (Wildman–Crippen LogP) is 21.6. The molecule has 0 spiro atoms. The summed E-state index contributed by atoms with van der Waals surface area (Å²) >= 11 is 0. The number of allylic oxidation sites excluding steroid dienone is 10. The first-order chi connectivity index (χ1) is 36.0. The Kier molecular flexibility index (Phi) is 59.2. The molecule has 0 aliphatic heterocycles. The maximum Gasteiger partial charge on any atom is 0.306 e. The van der Waals surface area contributed by atoms with Crippen LogP contribution in [0.15, 0.2) is 60.8 Å². The Morgan fingerprint density at radius 2 is 0.493 bits per heavy atom. The molecule has 6 heteroatoms. The summed E-state index contributed by atoms with van der Waals surface area (Å²) in [5.74, 6) is -0.871. The molecular weight excluding hydrogens is 901 g/mol. The normalized spacial score (nSPS) is 12.4. The van der Waals surface area contributed by atoms with Gasteiger partial charge in [0.15, 0.2) is 6.10 Å². The molecule has 0 heterocycles. The van der Waals surface area contributed by atoms with Crippen LogP contribution in [0.3, 0.4) is 0 Å². The second-order valence-electron chi connectivity index (χ2n) is 21.3. The summed E-state index contributed by atoms with van der Waals surface area (Å²) in [7, 11) is 0. The fourth-order valence-corrected chi connectivity index (χ4v) is 9.19. The van der Waals surface area contributed by atoms with Gasteiger partial charge in [-0.15, -0.1) is 0 Å². The Balaban J connectivity index is 4.09. The lowest BCUT2D eigenvalue weighted by molar-refractivity contribution is -0.167. The fourth-order valence-electron chi connectivity index (χ4n) is 9.19. The highest BCUT2D eigenvalue weighted by Crippen LogP contribution is 2.17. The monoisotopic (exact) mass is 1020 g/mol. The zero-order chi connectivity index (χ0) is 52.9. The number of rotatable bonds is 58. The van der Waals surface area contributed by atoms with E-state index in [0.717, 1.165) is 77.0 Å². The van der Waals surface area contributed by atoms with Crippen LogP contribution in [0, 0.1) is 0 Å². The average Bonchev–Trinajstić information content (AvgIpc) is 3.39. The van der Waals surface area contributed by atoms with Crippen LogP contribution in [0.5, 0.6) is 0 Å². The van der Waals surface area contributed by atoms with Crippen LogP contribution >= 0.6 is 0 Å². The second-order valence-corrected chi connectivity index (χ2v) is 21.3. The van der Waals surface area contributed by atoms with E-state index in [-0.39, 0.29) is 31.1 Å². The van der Waals surface area contributed by atoms with Crippen molar-refractivity contribution in [3.8, 4) is 0 Å². The minimum Gasteiger partial charge on any atom is -0.462 e. The lowest BCUT2D eigenvalue weighted by atomic mass is 10.0. The zero-order valence-electron chi connectivity index (χ0n) is 48.7. The summed E-state index contributed by atoms with van der Waals surface area (Å²) in [6, 6.07) is 0. The minimum absolute atomic E-state index is 0.0734. The smallest absolute Gasteiger partial charge is 0.306 e. The van der Waals surface area contributed by atoms with E-state index in [2.05, 4.69) is 81.5 Å². The van der Waals surface area contributed by atoms with Gasteiger partial charge in [-0.3, -0.25) is 14.4 Å². The molecule has 0 rings (SSSR count). The number of hydrogen-bond donors (Lipinski definition) is 0. The molecule has 0 saturated heterocycles. The second kappa shape index (κ2) is 61.7. The van der Waals surface area contributed by atoms with Gasteiger partial charge in [0.25, 0.3) is 0 Å². The average molecular weight is 1020 g/mol. The molecule has 0 aliphatic carbocycles. The van der Waals surface area contributed by atoms with Gasteiger partial charge in [-0.1, -0.05) is 281 Å². The van der Waals surface area contributed by atoms with Gasteiger partial charge in [0.2, 0.25) is 0 Å². The molecule has 0 bridgehead atoms. The van der Waals surface area contributed by atoms with Crippen molar-refractivity contribution in [1.82, 2.24) is 0 Å². The molecule has 0 aliphatic rings. The molecule has 0 aromatic carbocycles. The van der Waals surface area contributed by atoms with Crippen LogP contribution in [0.2, 0.25) is 0 Å². The van der Waals surface area contributed by atoms with Gasteiger partial charge in [0.05, 0.1) is 0 Å². The topological polar surface area (TPSA) is 78.9 Å². The van der Waals surface area contributed by atoms with E-state index in [1.165, 1.54) is 212 Å². The standard InChI is InChI=1S/C67H120O6/c1-4-7-10-13-16-18-20-22-24-26-28-29-30-31-32-33-34-35-36-37-39-40-42-44-46-48-51-54-57-60-66(69)72-63-64(62-71-65(68)59-56-53-50-15-12-9-6-3)73-67(70)61-58-55-52-49-47-45-43-41-38-27-25-23-21-19-17-14-11-8-5-2/h17,19-20,22-23,25-26,28,30-31,64H,4-16,18,21,24,27,29,32-63H2,1-3H3/b19-17-,22-20-,25-23-,28-26-,31-30-. The summed E-state index contributed by atoms with van der Waals surface area (Å²) in [4.78, 5) is 38.0. The van der Waals surface area contributed by atoms with E-state index in [1.807, 2.05) is 0 Å². The maximum absolute atomic E-state index is 12.8. The molecule has 0 radical (unpaired) electrons. The zero-order valence-corrected chi connectivity index (χ0v) is 48.7. The number of carbonyl (C=O) groups excluding carboxylic acids is 3. The highest BCUT2D eigenvalue weighted by atomic mass is 16.6. The van der Waals surface area contributed by atoms with Crippen molar-refractivity contribution in [3.05, 3.63) is 60.8 Å². The van der Waals surface area contributed by atoms with Crippen LogP contribution in [0.1, 0.15) is 329 Å². The molecule has 0 aromatic heterocycles. The van der Waals surface area contributed by atoms with E-state index in [0.29, 0.717) is 19.3 Å². The molecular formula is C67H120O6. The first-order valence-electron chi connectivity index (χ1n) is 31.8. The van der Waals surface area contributed by atoms with Crippen LogP contribution in [-0.4, -0.2) is 37.2 Å². The number of ether oxygens (including phenoxy) is 3.